The molecule has 6 nitrogen and oxygen atoms in total. The monoisotopic (exact) mass is 366 g/mol. The maximum Gasteiger partial charge on any atom is 0.240 e. The molecule has 1 aliphatic carbocycles. The molecule has 0 unspecified atom stereocenters. The molecule has 138 valence electrons. The molecule has 25 heavy (non-hydrogen) atoms. The van der Waals surface area contributed by atoms with Gasteiger partial charge in [0.1, 0.15) is 5.75 Å². The third kappa shape index (κ3) is 5.86. The summed E-state index contributed by atoms with van der Waals surface area (Å²) in [5.74, 6) is 0.164. The average Bonchev–Trinajstić information content (AvgIpc) is 2.57. The van der Waals surface area contributed by atoms with Gasteiger partial charge in [0.05, 0.1) is 17.2 Å². The fourth-order valence-electron chi connectivity index (χ4n) is 2.81. The third-order valence-corrected chi connectivity index (χ3v) is 5.45. The van der Waals surface area contributed by atoms with E-state index in [1.165, 1.54) is 37.5 Å². The van der Waals surface area contributed by atoms with Crippen molar-refractivity contribution >= 4 is 21.6 Å². The van der Waals surface area contributed by atoms with Gasteiger partial charge in [0, 0.05) is 13.5 Å². The van der Waals surface area contributed by atoms with Crippen LogP contribution in [0.5, 0.6) is 5.75 Å². The van der Waals surface area contributed by atoms with Crippen LogP contribution in [-0.2, 0) is 14.8 Å². The third-order valence-electron chi connectivity index (χ3n) is 4.00. The Kier molecular flexibility index (Phi) is 7.01. The first-order valence-electron chi connectivity index (χ1n) is 8.64. The zero-order valence-corrected chi connectivity index (χ0v) is 15.6. The summed E-state index contributed by atoms with van der Waals surface area (Å²) in [5, 5.41) is 2.61. The van der Waals surface area contributed by atoms with E-state index in [4.69, 9.17) is 4.74 Å². The molecule has 0 fully saturated rings. The zero-order valence-electron chi connectivity index (χ0n) is 14.8. The number of nitrogens with one attached hydrogen (secondary N) is 2. The fraction of sp³-hybridized carbons (Fsp3) is 0.500. The summed E-state index contributed by atoms with van der Waals surface area (Å²) >= 11 is 0. The summed E-state index contributed by atoms with van der Waals surface area (Å²) in [6, 6.07) is 4.47. The molecule has 0 heterocycles. The molecule has 1 aromatic carbocycles. The Morgan fingerprint density at radius 3 is 2.72 bits per heavy atom. The molecule has 0 bridgehead atoms. The summed E-state index contributed by atoms with van der Waals surface area (Å²) in [6.07, 6.45) is 7.47. The van der Waals surface area contributed by atoms with Crippen molar-refractivity contribution in [1.82, 2.24) is 4.72 Å². The number of hydrogen-bond acceptors (Lipinski definition) is 4. The lowest BCUT2D eigenvalue weighted by molar-refractivity contribution is -0.114. The average molecular weight is 366 g/mol. The molecule has 0 radical (unpaired) electrons. The van der Waals surface area contributed by atoms with Crippen LogP contribution in [0.3, 0.4) is 0 Å². The molecule has 1 aliphatic rings. The maximum atomic E-state index is 12.5. The van der Waals surface area contributed by atoms with Crippen molar-refractivity contribution in [2.45, 2.75) is 50.8 Å². The SMILES string of the molecule is CCOc1ccc(S(=O)(=O)NCCC2=CCCCC2)cc1NC(C)=O. The van der Waals surface area contributed by atoms with E-state index in [1.807, 2.05) is 6.92 Å². The molecule has 2 N–H and O–H groups in total. The van der Waals surface area contributed by atoms with Crippen molar-refractivity contribution in [1.29, 1.82) is 0 Å². The van der Waals surface area contributed by atoms with Crippen molar-refractivity contribution < 1.29 is 17.9 Å². The summed E-state index contributed by atoms with van der Waals surface area (Å²) in [7, 11) is -3.64. The van der Waals surface area contributed by atoms with Gasteiger partial charge in [-0.3, -0.25) is 4.79 Å². The van der Waals surface area contributed by atoms with Gasteiger partial charge in [-0.2, -0.15) is 0 Å². The number of carbonyl (C=O) groups is 1. The van der Waals surface area contributed by atoms with E-state index < -0.39 is 10.0 Å². The maximum absolute atomic E-state index is 12.5. The smallest absolute Gasteiger partial charge is 0.240 e. The van der Waals surface area contributed by atoms with E-state index in [-0.39, 0.29) is 10.8 Å². The minimum Gasteiger partial charge on any atom is -0.492 e. The van der Waals surface area contributed by atoms with Gasteiger partial charge in [-0.1, -0.05) is 11.6 Å². The predicted octanol–water partition coefficient (Wildman–Crippen LogP) is 3.21. The highest BCUT2D eigenvalue weighted by atomic mass is 32.2. The quantitative estimate of drug-likeness (QED) is 0.692. The van der Waals surface area contributed by atoms with E-state index in [0.29, 0.717) is 24.6 Å². The van der Waals surface area contributed by atoms with Crippen LogP contribution in [0.4, 0.5) is 5.69 Å². The van der Waals surface area contributed by atoms with Crippen molar-refractivity contribution in [3.8, 4) is 5.75 Å². The van der Waals surface area contributed by atoms with Crippen LogP contribution in [0.25, 0.3) is 0 Å². The van der Waals surface area contributed by atoms with E-state index in [1.54, 1.807) is 6.07 Å². The van der Waals surface area contributed by atoms with Gasteiger partial charge in [0.25, 0.3) is 0 Å². The van der Waals surface area contributed by atoms with E-state index in [9.17, 15) is 13.2 Å². The number of ether oxygens (including phenoxy) is 1. The number of hydrogen-bond donors (Lipinski definition) is 2. The fourth-order valence-corrected chi connectivity index (χ4v) is 3.86. The number of amides is 1. The minimum atomic E-state index is -3.64. The van der Waals surface area contributed by atoms with Crippen LogP contribution in [0, 0.1) is 0 Å². The van der Waals surface area contributed by atoms with Crippen LogP contribution in [0.2, 0.25) is 0 Å². The highest BCUT2D eigenvalue weighted by Crippen LogP contribution is 2.28. The predicted molar refractivity (Wildman–Crippen MR) is 98.3 cm³/mol. The van der Waals surface area contributed by atoms with Crippen molar-refractivity contribution in [3.05, 3.63) is 29.8 Å². The second-order valence-corrected chi connectivity index (χ2v) is 7.80. The normalized spacial score (nSPS) is 14.7. The summed E-state index contributed by atoms with van der Waals surface area (Å²) < 4.78 is 33.1. The summed E-state index contributed by atoms with van der Waals surface area (Å²) in [6.45, 7) is 3.99. The number of benzene rings is 1. The van der Waals surface area contributed by atoms with Gasteiger partial charge >= 0.3 is 0 Å². The first-order chi connectivity index (χ1) is 11.9. The highest BCUT2D eigenvalue weighted by Gasteiger charge is 2.17. The lowest BCUT2D eigenvalue weighted by Crippen LogP contribution is -2.25. The van der Waals surface area contributed by atoms with Crippen LogP contribution in [0.1, 0.15) is 46.0 Å². The van der Waals surface area contributed by atoms with Gasteiger partial charge in [0.2, 0.25) is 15.9 Å². The van der Waals surface area contributed by atoms with Gasteiger partial charge in [-0.05, 0) is 57.2 Å². The van der Waals surface area contributed by atoms with Crippen molar-refractivity contribution in [3.63, 3.8) is 0 Å². The number of sulfonamides is 1. The highest BCUT2D eigenvalue weighted by molar-refractivity contribution is 7.89. The molecule has 0 spiro atoms. The Hall–Kier alpha value is -1.86. The number of carbonyl (C=O) groups excluding carboxylic acids is 1. The minimum absolute atomic E-state index is 0.109. The molecule has 1 amide bonds. The van der Waals surface area contributed by atoms with Gasteiger partial charge in [-0.25, -0.2) is 13.1 Å². The van der Waals surface area contributed by atoms with Gasteiger partial charge in [-0.15, -0.1) is 0 Å². The Morgan fingerprint density at radius 2 is 2.08 bits per heavy atom. The van der Waals surface area contributed by atoms with Gasteiger partial charge in [0.15, 0.2) is 0 Å². The second kappa shape index (κ2) is 9.01. The Morgan fingerprint density at radius 1 is 1.28 bits per heavy atom. The lowest BCUT2D eigenvalue weighted by atomic mass is 9.97. The largest absolute Gasteiger partial charge is 0.492 e. The van der Waals surface area contributed by atoms with Crippen molar-refractivity contribution in [2.24, 2.45) is 0 Å². The number of allylic oxidation sites excluding steroid dienone is 1. The molecule has 2 rings (SSSR count). The molecule has 0 saturated heterocycles. The molecule has 0 aromatic heterocycles. The number of rotatable bonds is 8. The number of anilines is 1. The Labute approximate surface area is 149 Å². The topological polar surface area (TPSA) is 84.5 Å². The Balaban J connectivity index is 2.09. The van der Waals surface area contributed by atoms with Gasteiger partial charge < -0.3 is 10.1 Å². The molecule has 0 atom stereocenters. The lowest BCUT2D eigenvalue weighted by Gasteiger charge is -2.15. The van der Waals surface area contributed by atoms with Crippen LogP contribution >= 0.6 is 0 Å². The first-order valence-corrected chi connectivity index (χ1v) is 10.1. The summed E-state index contributed by atoms with van der Waals surface area (Å²) in [5.41, 5.74) is 1.67. The van der Waals surface area contributed by atoms with E-state index >= 15 is 0 Å². The molecule has 7 heteroatoms. The molecule has 1 aromatic rings. The summed E-state index contributed by atoms with van der Waals surface area (Å²) in [4.78, 5) is 11.4. The first kappa shape index (κ1) is 19.5. The molecule has 0 aliphatic heterocycles. The van der Waals surface area contributed by atoms with Crippen molar-refractivity contribution in [2.75, 3.05) is 18.5 Å². The second-order valence-electron chi connectivity index (χ2n) is 6.03. The van der Waals surface area contributed by atoms with E-state index in [0.717, 1.165) is 19.3 Å². The molecular formula is C18H26N2O4S. The molecule has 0 saturated carbocycles. The van der Waals surface area contributed by atoms with Crippen LogP contribution in [-0.4, -0.2) is 27.5 Å². The van der Waals surface area contributed by atoms with Crippen LogP contribution < -0.4 is 14.8 Å². The van der Waals surface area contributed by atoms with E-state index in [2.05, 4.69) is 16.1 Å². The standard InChI is InChI=1S/C18H26N2O4S/c1-3-24-18-10-9-16(13-17(18)20-14(2)21)25(22,23)19-12-11-15-7-5-4-6-8-15/h7,9-10,13,19H,3-6,8,11-12H2,1-2H3,(H,20,21). The van der Waals surface area contributed by atoms with Crippen LogP contribution in [0.15, 0.2) is 34.7 Å². The molecular weight excluding hydrogens is 340 g/mol. The Bertz CT molecular complexity index is 741. The zero-order chi connectivity index (χ0) is 18.3.